The third-order valence-corrected chi connectivity index (χ3v) is 8.30. The summed E-state index contributed by atoms with van der Waals surface area (Å²) in [5.41, 5.74) is 2.12. The third kappa shape index (κ3) is 3.26. The average molecular weight is 447 g/mol. The topological polar surface area (TPSA) is 73.4 Å². The molecular weight excluding hydrogens is 419 g/mol. The van der Waals surface area contributed by atoms with Gasteiger partial charge in [0.05, 0.1) is 5.41 Å². The molecule has 6 heteroatoms. The van der Waals surface area contributed by atoms with E-state index >= 15 is 0 Å². The van der Waals surface area contributed by atoms with Gasteiger partial charge in [0, 0.05) is 41.5 Å². The molecule has 3 atom stereocenters. The Morgan fingerprint density at radius 1 is 1.09 bits per heavy atom. The van der Waals surface area contributed by atoms with E-state index in [0.29, 0.717) is 18.8 Å². The minimum Gasteiger partial charge on any atom is -0.481 e. The second-order valence-corrected chi connectivity index (χ2v) is 10.2. The Hall–Kier alpha value is -3.15. The van der Waals surface area contributed by atoms with Gasteiger partial charge in [0.2, 0.25) is 5.91 Å². The quantitative estimate of drug-likeness (QED) is 0.575. The van der Waals surface area contributed by atoms with Crippen LogP contribution < -0.4 is 0 Å². The number of nitrogens with zero attached hydrogens (tertiary/aromatic N) is 1. The van der Waals surface area contributed by atoms with Crippen molar-refractivity contribution in [3.63, 3.8) is 0 Å². The number of carboxylic acid groups (broad SMARTS) is 1. The van der Waals surface area contributed by atoms with Crippen LogP contribution in [0.3, 0.4) is 0 Å². The fraction of sp³-hybridized carbons (Fsp3) is 0.407. The zero-order valence-corrected chi connectivity index (χ0v) is 18.3. The van der Waals surface area contributed by atoms with Gasteiger partial charge >= 0.3 is 5.97 Å². The number of aliphatic carboxylic acids is 1. The van der Waals surface area contributed by atoms with E-state index < -0.39 is 11.4 Å². The van der Waals surface area contributed by atoms with E-state index in [9.17, 15) is 19.1 Å². The standard InChI is InChI=1S/C27H27FN2O3/c28-18-6-7-24-22(10-18)23(15-29-24)21(17-4-2-1-3-5-17)11-25(31)30-19-8-16-9-20(30)14-27(12-16,13-19)26(32)33/h1-7,10,15-16,19-21,29H,8-9,11-14H2,(H,32,33). The first-order valence-corrected chi connectivity index (χ1v) is 11.8. The second kappa shape index (κ2) is 7.44. The molecule has 1 aromatic heterocycles. The summed E-state index contributed by atoms with van der Waals surface area (Å²) in [5, 5.41) is 10.7. The number of aromatic amines is 1. The normalized spacial score (nSPS) is 28.9. The molecule has 170 valence electrons. The van der Waals surface area contributed by atoms with Crippen LogP contribution in [0.15, 0.2) is 54.7 Å². The van der Waals surface area contributed by atoms with E-state index in [1.165, 1.54) is 12.1 Å². The summed E-state index contributed by atoms with van der Waals surface area (Å²) < 4.78 is 14.1. The lowest BCUT2D eigenvalue weighted by Crippen LogP contribution is -2.65. The van der Waals surface area contributed by atoms with Gasteiger partial charge in [0.25, 0.3) is 0 Å². The first-order valence-electron chi connectivity index (χ1n) is 11.8. The Labute approximate surface area is 191 Å². The predicted molar refractivity (Wildman–Crippen MR) is 122 cm³/mol. The highest BCUT2D eigenvalue weighted by molar-refractivity contribution is 5.86. The molecule has 2 aromatic carbocycles. The third-order valence-electron chi connectivity index (χ3n) is 8.30. The highest BCUT2D eigenvalue weighted by Crippen LogP contribution is 2.56. The van der Waals surface area contributed by atoms with Crippen LogP contribution >= 0.6 is 0 Å². The molecule has 4 fully saturated rings. The monoisotopic (exact) mass is 446 g/mol. The van der Waals surface area contributed by atoms with Gasteiger partial charge in [0.1, 0.15) is 5.82 Å². The van der Waals surface area contributed by atoms with Crippen LogP contribution in [0.5, 0.6) is 0 Å². The fourth-order valence-corrected chi connectivity index (χ4v) is 7.07. The molecule has 2 saturated carbocycles. The molecule has 5 nitrogen and oxygen atoms in total. The number of carbonyl (C=O) groups excluding carboxylic acids is 1. The SMILES string of the molecule is O=C(CC(c1ccccc1)c1c[nH]c2ccc(F)cc12)N1C2CC3CC1CC(C(=O)O)(C3)C2. The fourth-order valence-electron chi connectivity index (χ4n) is 7.07. The lowest BCUT2D eigenvalue weighted by molar-refractivity contribution is -0.178. The molecule has 0 spiro atoms. The number of rotatable bonds is 5. The van der Waals surface area contributed by atoms with Gasteiger partial charge in [-0.2, -0.15) is 0 Å². The van der Waals surface area contributed by atoms with Crippen LogP contribution in [0.2, 0.25) is 0 Å². The number of carbonyl (C=O) groups is 2. The summed E-state index contributed by atoms with van der Waals surface area (Å²) in [6.07, 6.45) is 5.87. The van der Waals surface area contributed by atoms with Gasteiger partial charge in [-0.15, -0.1) is 0 Å². The van der Waals surface area contributed by atoms with E-state index in [-0.39, 0.29) is 36.1 Å². The molecule has 3 unspecified atom stereocenters. The van der Waals surface area contributed by atoms with E-state index in [0.717, 1.165) is 41.3 Å². The highest BCUT2D eigenvalue weighted by Gasteiger charge is 2.59. The Morgan fingerprint density at radius 3 is 2.52 bits per heavy atom. The number of halogens is 1. The summed E-state index contributed by atoms with van der Waals surface area (Å²) >= 11 is 0. The highest BCUT2D eigenvalue weighted by atomic mass is 19.1. The Kier molecular flexibility index (Phi) is 4.61. The Morgan fingerprint density at radius 2 is 1.82 bits per heavy atom. The van der Waals surface area contributed by atoms with Crippen LogP contribution in [-0.4, -0.2) is 39.0 Å². The van der Waals surface area contributed by atoms with Gasteiger partial charge in [0.15, 0.2) is 0 Å². The minimum atomic E-state index is -0.697. The first kappa shape index (κ1) is 20.5. The van der Waals surface area contributed by atoms with Crippen molar-refractivity contribution in [1.82, 2.24) is 9.88 Å². The molecule has 2 N–H and O–H groups in total. The summed E-state index contributed by atoms with van der Waals surface area (Å²) in [7, 11) is 0. The van der Waals surface area contributed by atoms with Gasteiger partial charge in [-0.25, -0.2) is 4.39 Å². The molecule has 33 heavy (non-hydrogen) atoms. The van der Waals surface area contributed by atoms with E-state index in [2.05, 4.69) is 4.98 Å². The molecule has 2 saturated heterocycles. The number of benzene rings is 2. The van der Waals surface area contributed by atoms with Crippen LogP contribution in [0.25, 0.3) is 10.9 Å². The number of carboxylic acids is 1. The van der Waals surface area contributed by atoms with Gasteiger partial charge in [-0.1, -0.05) is 30.3 Å². The molecule has 0 radical (unpaired) electrons. The first-order chi connectivity index (χ1) is 15.9. The number of aromatic nitrogens is 1. The zero-order chi connectivity index (χ0) is 22.7. The maximum absolute atomic E-state index is 14.1. The van der Waals surface area contributed by atoms with Crippen LogP contribution in [0.4, 0.5) is 4.39 Å². The van der Waals surface area contributed by atoms with Gasteiger partial charge in [-0.3, -0.25) is 9.59 Å². The molecule has 2 aliphatic carbocycles. The van der Waals surface area contributed by atoms with Crippen molar-refractivity contribution < 1.29 is 19.1 Å². The number of hydrogen-bond acceptors (Lipinski definition) is 2. The molecule has 4 bridgehead atoms. The largest absolute Gasteiger partial charge is 0.481 e. The van der Waals surface area contributed by atoms with Crippen molar-refractivity contribution in [3.8, 4) is 0 Å². The predicted octanol–water partition coefficient (Wildman–Crippen LogP) is 5.07. The number of fused-ring (bicyclic) bond motifs is 1. The molecule has 4 aliphatic rings. The zero-order valence-electron chi connectivity index (χ0n) is 18.3. The van der Waals surface area contributed by atoms with Crippen molar-refractivity contribution >= 4 is 22.8 Å². The number of amides is 1. The smallest absolute Gasteiger partial charge is 0.309 e. The van der Waals surface area contributed by atoms with Crippen LogP contribution in [0, 0.1) is 17.2 Å². The summed E-state index contributed by atoms with van der Waals surface area (Å²) in [6, 6.07) is 14.6. The maximum atomic E-state index is 14.1. The lowest BCUT2D eigenvalue weighted by atomic mass is 9.55. The number of H-pyrrole nitrogens is 1. The number of piperidine rings is 2. The van der Waals surface area contributed by atoms with Crippen molar-refractivity contribution in [1.29, 1.82) is 0 Å². The van der Waals surface area contributed by atoms with E-state index in [4.69, 9.17) is 0 Å². The lowest BCUT2D eigenvalue weighted by Gasteiger charge is -2.60. The maximum Gasteiger partial charge on any atom is 0.309 e. The summed E-state index contributed by atoms with van der Waals surface area (Å²) in [4.78, 5) is 31.1. The summed E-state index contributed by atoms with van der Waals surface area (Å²) in [6.45, 7) is 0. The Balaban J connectivity index is 1.34. The molecular formula is C27H27FN2O3. The number of nitrogens with one attached hydrogen (secondary N) is 1. The second-order valence-electron chi connectivity index (χ2n) is 10.2. The molecule has 3 heterocycles. The molecule has 1 amide bonds. The molecule has 2 aliphatic heterocycles. The minimum absolute atomic E-state index is 0.0108. The molecule has 3 aromatic rings. The van der Waals surface area contributed by atoms with E-state index in [1.54, 1.807) is 6.07 Å². The van der Waals surface area contributed by atoms with E-state index in [1.807, 2.05) is 41.4 Å². The van der Waals surface area contributed by atoms with Crippen molar-refractivity contribution in [3.05, 3.63) is 71.7 Å². The van der Waals surface area contributed by atoms with Crippen molar-refractivity contribution in [2.45, 2.75) is 56.5 Å². The molecule has 7 rings (SSSR count). The van der Waals surface area contributed by atoms with Crippen molar-refractivity contribution in [2.24, 2.45) is 11.3 Å². The number of hydrogen-bond donors (Lipinski definition) is 2. The van der Waals surface area contributed by atoms with Gasteiger partial charge in [-0.05, 0) is 67.3 Å². The van der Waals surface area contributed by atoms with Crippen LogP contribution in [-0.2, 0) is 9.59 Å². The van der Waals surface area contributed by atoms with Crippen molar-refractivity contribution in [2.75, 3.05) is 0 Å². The van der Waals surface area contributed by atoms with Gasteiger partial charge < -0.3 is 15.0 Å². The summed E-state index contributed by atoms with van der Waals surface area (Å²) in [5.74, 6) is -0.727. The van der Waals surface area contributed by atoms with Crippen LogP contribution in [0.1, 0.15) is 55.6 Å². The average Bonchev–Trinajstić information content (AvgIpc) is 3.20. The Bertz CT molecular complexity index is 1220.